The number of ether oxygens (including phenoxy) is 1. The lowest BCUT2D eigenvalue weighted by atomic mass is 9.73. The molecule has 0 aromatic heterocycles. The number of carboxylic acids is 1. The van der Waals surface area contributed by atoms with E-state index in [2.05, 4.69) is 4.74 Å². The average molecular weight is 213 g/mol. The number of amides is 1. The van der Waals surface area contributed by atoms with Gasteiger partial charge in [-0.3, -0.25) is 4.79 Å². The smallest absolute Gasteiger partial charge is 0.409 e. The molecule has 2 heterocycles. The van der Waals surface area contributed by atoms with Gasteiger partial charge in [-0.15, -0.1) is 0 Å². The van der Waals surface area contributed by atoms with Gasteiger partial charge in [0.05, 0.1) is 13.0 Å². The number of aliphatic carboxylic acids is 1. The van der Waals surface area contributed by atoms with Gasteiger partial charge >= 0.3 is 12.1 Å². The third-order valence-electron chi connectivity index (χ3n) is 3.50. The van der Waals surface area contributed by atoms with E-state index in [4.69, 9.17) is 5.11 Å². The van der Waals surface area contributed by atoms with E-state index in [0.717, 1.165) is 12.8 Å². The van der Waals surface area contributed by atoms with Crippen molar-refractivity contribution in [3.05, 3.63) is 0 Å². The average Bonchev–Trinajstić information content (AvgIpc) is 2.28. The Morgan fingerprint density at radius 2 is 2.13 bits per heavy atom. The topological polar surface area (TPSA) is 66.8 Å². The molecule has 2 saturated heterocycles. The summed E-state index contributed by atoms with van der Waals surface area (Å²) in [5.74, 6) is -0.870. The fourth-order valence-electron chi connectivity index (χ4n) is 2.79. The Hall–Kier alpha value is -1.26. The second kappa shape index (κ2) is 3.72. The van der Waals surface area contributed by atoms with E-state index >= 15 is 0 Å². The molecule has 0 aromatic rings. The molecule has 3 unspecified atom stereocenters. The molecule has 1 N–H and O–H groups in total. The Labute approximate surface area is 88.0 Å². The maximum absolute atomic E-state index is 11.4. The summed E-state index contributed by atoms with van der Waals surface area (Å²) < 4.78 is 4.66. The zero-order chi connectivity index (χ0) is 11.0. The van der Waals surface area contributed by atoms with Crippen molar-refractivity contribution in [2.45, 2.75) is 25.3 Å². The summed E-state index contributed by atoms with van der Waals surface area (Å²) in [6, 6.07) is -0.167. The Morgan fingerprint density at radius 3 is 2.67 bits per heavy atom. The number of piperidine rings is 2. The summed E-state index contributed by atoms with van der Waals surface area (Å²) in [6.45, 7) is 0.654. The maximum Gasteiger partial charge on any atom is 0.409 e. The summed E-state index contributed by atoms with van der Waals surface area (Å²) in [6.07, 6.45) is 2.13. The molecular formula is C10H15NO4. The van der Waals surface area contributed by atoms with Crippen LogP contribution in [0.2, 0.25) is 0 Å². The number of carboxylic acid groups (broad SMARTS) is 1. The molecule has 0 aromatic carbocycles. The third kappa shape index (κ3) is 1.66. The van der Waals surface area contributed by atoms with E-state index in [-0.39, 0.29) is 6.04 Å². The second-order valence-electron chi connectivity index (χ2n) is 4.31. The molecule has 84 valence electrons. The van der Waals surface area contributed by atoms with Gasteiger partial charge in [-0.25, -0.2) is 4.79 Å². The first-order valence-corrected chi connectivity index (χ1v) is 5.21. The standard InChI is InChI=1S/C10H15NO4/c1-15-10(14)11-5-6-2-3-8(11)7(4-6)9(12)13/h6-8H,2-5H2,1H3,(H,12,13). The Balaban J connectivity index is 2.16. The van der Waals surface area contributed by atoms with Crippen LogP contribution in [0, 0.1) is 11.8 Å². The van der Waals surface area contributed by atoms with Gasteiger partial charge in [0.1, 0.15) is 0 Å². The van der Waals surface area contributed by atoms with Gasteiger partial charge in [0.25, 0.3) is 0 Å². The normalized spacial score (nSPS) is 33.9. The van der Waals surface area contributed by atoms with E-state index < -0.39 is 18.0 Å². The highest BCUT2D eigenvalue weighted by Gasteiger charge is 2.46. The van der Waals surface area contributed by atoms with Crippen LogP contribution < -0.4 is 0 Å². The molecular weight excluding hydrogens is 198 g/mol. The van der Waals surface area contributed by atoms with E-state index in [0.29, 0.717) is 18.9 Å². The fourth-order valence-corrected chi connectivity index (χ4v) is 2.79. The molecule has 2 bridgehead atoms. The number of carbonyl (C=O) groups excluding carboxylic acids is 1. The zero-order valence-electron chi connectivity index (χ0n) is 8.68. The van der Waals surface area contributed by atoms with Gasteiger partial charge in [0, 0.05) is 12.6 Å². The number of nitrogens with zero attached hydrogens (tertiary/aromatic N) is 1. The lowest BCUT2D eigenvalue weighted by Crippen LogP contribution is -2.57. The van der Waals surface area contributed by atoms with Crippen LogP contribution in [0.1, 0.15) is 19.3 Å². The minimum atomic E-state index is -0.793. The Morgan fingerprint density at radius 1 is 1.40 bits per heavy atom. The Kier molecular flexibility index (Phi) is 2.54. The highest BCUT2D eigenvalue weighted by molar-refractivity contribution is 5.74. The van der Waals surface area contributed by atoms with E-state index in [9.17, 15) is 9.59 Å². The lowest BCUT2D eigenvalue weighted by Gasteiger charge is -2.47. The minimum Gasteiger partial charge on any atom is -0.481 e. The lowest BCUT2D eigenvalue weighted by molar-refractivity contribution is -0.148. The number of rotatable bonds is 1. The predicted octanol–water partition coefficient (Wildman–Crippen LogP) is 0.938. The molecule has 3 rings (SSSR count). The third-order valence-corrected chi connectivity index (χ3v) is 3.50. The van der Waals surface area contributed by atoms with Crippen LogP contribution in [0.5, 0.6) is 0 Å². The maximum atomic E-state index is 11.4. The second-order valence-corrected chi connectivity index (χ2v) is 4.31. The molecule has 0 spiro atoms. The van der Waals surface area contributed by atoms with Crippen molar-refractivity contribution in [2.24, 2.45) is 11.8 Å². The first-order chi connectivity index (χ1) is 7.13. The highest BCUT2D eigenvalue weighted by Crippen LogP contribution is 2.39. The van der Waals surface area contributed by atoms with Crippen LogP contribution in [0.25, 0.3) is 0 Å². The molecule has 2 aliphatic heterocycles. The quantitative estimate of drug-likeness (QED) is 0.703. The number of hydrogen-bond acceptors (Lipinski definition) is 3. The first-order valence-electron chi connectivity index (χ1n) is 5.21. The summed E-state index contributed by atoms with van der Waals surface area (Å²) >= 11 is 0. The van der Waals surface area contributed by atoms with Crippen molar-refractivity contribution in [1.29, 1.82) is 0 Å². The molecule has 3 fully saturated rings. The molecule has 3 aliphatic rings. The van der Waals surface area contributed by atoms with Crippen molar-refractivity contribution >= 4 is 12.1 Å². The van der Waals surface area contributed by atoms with Gasteiger partial charge < -0.3 is 14.7 Å². The van der Waals surface area contributed by atoms with Crippen molar-refractivity contribution in [2.75, 3.05) is 13.7 Å². The SMILES string of the molecule is COC(=O)N1CC2CCC1C(C(=O)O)C2. The number of fused-ring (bicyclic) bond motifs is 3. The number of carbonyl (C=O) groups is 2. The summed E-state index contributed by atoms with van der Waals surface area (Å²) in [5, 5.41) is 9.05. The predicted molar refractivity (Wildman–Crippen MR) is 51.4 cm³/mol. The molecule has 3 atom stereocenters. The van der Waals surface area contributed by atoms with Gasteiger partial charge in [-0.05, 0) is 25.2 Å². The van der Waals surface area contributed by atoms with Gasteiger partial charge in [-0.2, -0.15) is 0 Å². The monoisotopic (exact) mass is 213 g/mol. The molecule has 1 aliphatic carbocycles. The van der Waals surface area contributed by atoms with Gasteiger partial charge in [0.2, 0.25) is 0 Å². The van der Waals surface area contributed by atoms with E-state index in [1.807, 2.05) is 0 Å². The zero-order valence-corrected chi connectivity index (χ0v) is 8.68. The largest absolute Gasteiger partial charge is 0.481 e. The minimum absolute atomic E-state index is 0.167. The molecule has 15 heavy (non-hydrogen) atoms. The molecule has 1 amide bonds. The number of hydrogen-bond donors (Lipinski definition) is 1. The summed E-state index contributed by atoms with van der Waals surface area (Å²) in [5.41, 5.74) is 0. The van der Waals surface area contributed by atoms with Crippen LogP contribution in [-0.4, -0.2) is 41.8 Å². The molecule has 5 heteroatoms. The molecule has 5 nitrogen and oxygen atoms in total. The van der Waals surface area contributed by atoms with Crippen molar-refractivity contribution in [3.8, 4) is 0 Å². The van der Waals surface area contributed by atoms with Crippen molar-refractivity contribution in [1.82, 2.24) is 4.90 Å². The van der Waals surface area contributed by atoms with E-state index in [1.54, 1.807) is 4.90 Å². The first kappa shape index (κ1) is 10.3. The van der Waals surface area contributed by atoms with Crippen LogP contribution in [-0.2, 0) is 9.53 Å². The Bertz CT molecular complexity index is 291. The molecule has 1 saturated carbocycles. The van der Waals surface area contributed by atoms with Crippen molar-refractivity contribution in [3.63, 3.8) is 0 Å². The summed E-state index contributed by atoms with van der Waals surface area (Å²) in [4.78, 5) is 24.0. The van der Waals surface area contributed by atoms with Gasteiger partial charge in [-0.1, -0.05) is 0 Å². The highest BCUT2D eigenvalue weighted by atomic mass is 16.5. The van der Waals surface area contributed by atoms with E-state index in [1.165, 1.54) is 7.11 Å². The molecule has 0 radical (unpaired) electrons. The van der Waals surface area contributed by atoms with Crippen LogP contribution in [0.3, 0.4) is 0 Å². The number of methoxy groups -OCH3 is 1. The van der Waals surface area contributed by atoms with Gasteiger partial charge in [0.15, 0.2) is 0 Å². The summed E-state index contributed by atoms with van der Waals surface area (Å²) in [7, 11) is 1.33. The fraction of sp³-hybridized carbons (Fsp3) is 0.800. The van der Waals surface area contributed by atoms with Crippen LogP contribution in [0.4, 0.5) is 4.79 Å². The van der Waals surface area contributed by atoms with Crippen LogP contribution in [0.15, 0.2) is 0 Å². The van der Waals surface area contributed by atoms with Crippen LogP contribution >= 0.6 is 0 Å². The van der Waals surface area contributed by atoms with Crippen molar-refractivity contribution < 1.29 is 19.4 Å².